The summed E-state index contributed by atoms with van der Waals surface area (Å²) in [5.74, 6) is 0.159. The summed E-state index contributed by atoms with van der Waals surface area (Å²) in [6.07, 6.45) is -0.726. The van der Waals surface area contributed by atoms with E-state index in [1.165, 1.54) is 0 Å². The van der Waals surface area contributed by atoms with Gasteiger partial charge in [0.25, 0.3) is 0 Å². The number of hydrogen-bond acceptors (Lipinski definition) is 4. The maximum Gasteiger partial charge on any atom is 0.345 e. The predicted molar refractivity (Wildman–Crippen MR) is 99.9 cm³/mol. The number of aliphatic hydroxyl groups is 1. The summed E-state index contributed by atoms with van der Waals surface area (Å²) >= 11 is 0. The maximum absolute atomic E-state index is 11.6. The Morgan fingerprint density at radius 3 is 2.08 bits per heavy atom. The lowest BCUT2D eigenvalue weighted by Gasteiger charge is -2.20. The Morgan fingerprint density at radius 2 is 1.58 bits per heavy atom. The van der Waals surface area contributed by atoms with E-state index in [1.54, 1.807) is 24.3 Å². The van der Waals surface area contributed by atoms with Gasteiger partial charge in [-0.2, -0.15) is 0 Å². The van der Waals surface area contributed by atoms with Gasteiger partial charge in [-0.1, -0.05) is 45.0 Å². The zero-order chi connectivity index (χ0) is 19.2. The topological polar surface area (TPSA) is 76.0 Å². The van der Waals surface area contributed by atoms with Crippen molar-refractivity contribution in [3.63, 3.8) is 0 Å². The molecule has 0 unspecified atom stereocenters. The smallest absolute Gasteiger partial charge is 0.345 e. The molecule has 0 saturated heterocycles. The molecule has 0 aliphatic carbocycles. The van der Waals surface area contributed by atoms with Crippen LogP contribution in [0, 0.1) is 0 Å². The van der Waals surface area contributed by atoms with Crippen LogP contribution in [0.1, 0.15) is 31.9 Å². The molecule has 0 amide bonds. The van der Waals surface area contributed by atoms with E-state index in [9.17, 15) is 9.90 Å². The fourth-order valence-corrected chi connectivity index (χ4v) is 2.48. The van der Waals surface area contributed by atoms with Crippen LogP contribution in [0.15, 0.2) is 48.5 Å². The number of hydrogen-bond donors (Lipinski definition) is 2. The Bertz CT molecular complexity index is 699. The van der Waals surface area contributed by atoms with Crippen molar-refractivity contribution in [1.29, 1.82) is 0 Å². The van der Waals surface area contributed by atoms with E-state index in [1.807, 2.05) is 24.3 Å². The van der Waals surface area contributed by atoms with E-state index >= 15 is 0 Å². The molecular weight excluding hydrogens is 332 g/mol. The van der Waals surface area contributed by atoms with E-state index in [0.717, 1.165) is 11.1 Å². The Hall–Kier alpha value is -2.53. The number of rotatable bonds is 8. The highest BCUT2D eigenvalue weighted by atomic mass is 16.5. The van der Waals surface area contributed by atoms with Crippen molar-refractivity contribution in [2.75, 3.05) is 13.2 Å². The minimum Gasteiger partial charge on any atom is -0.491 e. The van der Waals surface area contributed by atoms with Gasteiger partial charge >= 0.3 is 5.97 Å². The van der Waals surface area contributed by atoms with E-state index in [-0.39, 0.29) is 25.0 Å². The van der Waals surface area contributed by atoms with Crippen LogP contribution >= 0.6 is 0 Å². The van der Waals surface area contributed by atoms with Crippen molar-refractivity contribution in [2.24, 2.45) is 0 Å². The Morgan fingerprint density at radius 1 is 1.00 bits per heavy atom. The minimum absolute atomic E-state index is 0.0323. The zero-order valence-electron chi connectivity index (χ0n) is 15.4. The normalized spacial score (nSPS) is 12.5. The van der Waals surface area contributed by atoms with E-state index < -0.39 is 12.1 Å². The van der Waals surface area contributed by atoms with Crippen LogP contribution in [0.25, 0.3) is 0 Å². The van der Waals surface area contributed by atoms with Crippen LogP contribution in [0.4, 0.5) is 0 Å². The van der Waals surface area contributed by atoms with Crippen molar-refractivity contribution in [3.05, 3.63) is 59.7 Å². The number of carboxylic acids is 1. The average Bonchev–Trinajstić information content (AvgIpc) is 2.60. The summed E-state index contributed by atoms with van der Waals surface area (Å²) in [4.78, 5) is 11.6. The van der Waals surface area contributed by atoms with Crippen molar-refractivity contribution < 1.29 is 24.5 Å². The Kier molecular flexibility index (Phi) is 6.64. The summed E-state index contributed by atoms with van der Waals surface area (Å²) in [5, 5.41) is 18.2. The molecule has 0 aliphatic rings. The SMILES string of the molecule is CC(C)(C)c1ccc(O[C@H](Cc2ccc(OCCO)cc2)C(=O)O)cc1. The van der Waals surface area contributed by atoms with Crippen molar-refractivity contribution in [2.45, 2.75) is 38.7 Å². The first kappa shape index (κ1) is 19.8. The van der Waals surface area contributed by atoms with Gasteiger partial charge in [0.1, 0.15) is 18.1 Å². The number of ether oxygens (including phenoxy) is 2. The lowest BCUT2D eigenvalue weighted by atomic mass is 9.87. The minimum atomic E-state index is -1.01. The lowest BCUT2D eigenvalue weighted by molar-refractivity contribution is -0.145. The van der Waals surface area contributed by atoms with Crippen LogP contribution in [0.3, 0.4) is 0 Å². The summed E-state index contributed by atoms with van der Waals surface area (Å²) in [7, 11) is 0. The molecule has 5 nitrogen and oxygen atoms in total. The summed E-state index contributed by atoms with van der Waals surface area (Å²) in [6.45, 7) is 6.54. The standard InChI is InChI=1S/C21H26O5/c1-21(2,3)16-6-10-18(11-7-16)26-19(20(23)24)14-15-4-8-17(9-5-15)25-13-12-22/h4-11,19,22H,12-14H2,1-3H3,(H,23,24)/t19-/m1/s1. The highest BCUT2D eigenvalue weighted by Gasteiger charge is 2.21. The third-order valence-electron chi connectivity index (χ3n) is 3.98. The summed E-state index contributed by atoms with van der Waals surface area (Å²) < 4.78 is 11.0. The molecule has 2 aromatic rings. The molecule has 0 aliphatic heterocycles. The lowest BCUT2D eigenvalue weighted by Crippen LogP contribution is -2.29. The molecule has 0 aromatic heterocycles. The molecule has 0 heterocycles. The van der Waals surface area contributed by atoms with Crippen LogP contribution in [0.5, 0.6) is 11.5 Å². The van der Waals surface area contributed by atoms with E-state index in [4.69, 9.17) is 14.6 Å². The number of benzene rings is 2. The maximum atomic E-state index is 11.6. The monoisotopic (exact) mass is 358 g/mol. The van der Waals surface area contributed by atoms with Crippen molar-refractivity contribution >= 4 is 5.97 Å². The largest absolute Gasteiger partial charge is 0.491 e. The predicted octanol–water partition coefficient (Wildman–Crippen LogP) is 3.43. The van der Waals surface area contributed by atoms with Gasteiger partial charge in [-0.25, -0.2) is 4.79 Å². The number of carbonyl (C=O) groups is 1. The zero-order valence-corrected chi connectivity index (χ0v) is 15.4. The van der Waals surface area contributed by atoms with Gasteiger partial charge in [0, 0.05) is 6.42 Å². The van der Waals surface area contributed by atoms with Crippen molar-refractivity contribution in [3.8, 4) is 11.5 Å². The molecule has 0 saturated carbocycles. The summed E-state index contributed by atoms with van der Waals surface area (Å²) in [5.41, 5.74) is 2.03. The van der Waals surface area contributed by atoms with Crippen LogP contribution < -0.4 is 9.47 Å². The molecule has 0 spiro atoms. The van der Waals surface area contributed by atoms with Gasteiger partial charge in [-0.3, -0.25) is 0 Å². The highest BCUT2D eigenvalue weighted by Crippen LogP contribution is 2.25. The van der Waals surface area contributed by atoms with Gasteiger partial charge in [-0.15, -0.1) is 0 Å². The third-order valence-corrected chi connectivity index (χ3v) is 3.98. The molecule has 26 heavy (non-hydrogen) atoms. The number of aliphatic hydroxyl groups excluding tert-OH is 1. The molecule has 0 fully saturated rings. The van der Waals surface area contributed by atoms with Crippen LogP contribution in [-0.2, 0) is 16.6 Å². The van der Waals surface area contributed by atoms with Gasteiger partial charge in [0.2, 0.25) is 0 Å². The molecule has 0 radical (unpaired) electrons. The Balaban J connectivity index is 2.03. The fourth-order valence-electron chi connectivity index (χ4n) is 2.48. The number of aliphatic carboxylic acids is 1. The quantitative estimate of drug-likeness (QED) is 0.756. The molecule has 2 aromatic carbocycles. The second-order valence-electron chi connectivity index (χ2n) is 7.14. The van der Waals surface area contributed by atoms with Gasteiger partial charge in [0.15, 0.2) is 6.10 Å². The molecule has 1 atom stereocenters. The fraction of sp³-hybridized carbons (Fsp3) is 0.381. The van der Waals surface area contributed by atoms with Crippen LogP contribution in [0.2, 0.25) is 0 Å². The van der Waals surface area contributed by atoms with Gasteiger partial charge in [0.05, 0.1) is 6.61 Å². The summed E-state index contributed by atoms with van der Waals surface area (Å²) in [6, 6.07) is 14.6. The van der Waals surface area contributed by atoms with Gasteiger partial charge in [-0.05, 0) is 40.8 Å². The number of carboxylic acid groups (broad SMARTS) is 1. The molecular formula is C21H26O5. The second-order valence-corrected chi connectivity index (χ2v) is 7.14. The van der Waals surface area contributed by atoms with E-state index in [0.29, 0.717) is 11.5 Å². The second kappa shape index (κ2) is 8.72. The molecule has 2 rings (SSSR count). The first-order chi connectivity index (χ1) is 12.3. The highest BCUT2D eigenvalue weighted by molar-refractivity contribution is 5.73. The third kappa shape index (κ3) is 5.77. The van der Waals surface area contributed by atoms with E-state index in [2.05, 4.69) is 20.8 Å². The molecule has 140 valence electrons. The van der Waals surface area contributed by atoms with Crippen LogP contribution in [-0.4, -0.2) is 35.5 Å². The molecule has 2 N–H and O–H groups in total. The van der Waals surface area contributed by atoms with Crippen molar-refractivity contribution in [1.82, 2.24) is 0 Å². The molecule has 0 bridgehead atoms. The molecule has 5 heteroatoms. The average molecular weight is 358 g/mol. The van der Waals surface area contributed by atoms with Gasteiger partial charge < -0.3 is 19.7 Å². The first-order valence-corrected chi connectivity index (χ1v) is 8.62. The Labute approximate surface area is 154 Å². The first-order valence-electron chi connectivity index (χ1n) is 8.62.